The second-order valence-electron chi connectivity index (χ2n) is 13.9. The van der Waals surface area contributed by atoms with Crippen LogP contribution in [0.3, 0.4) is 0 Å². The molecule has 4 N–H and O–H groups in total. The van der Waals surface area contributed by atoms with Crippen molar-refractivity contribution in [3.05, 3.63) is 142 Å². The molecule has 1 aromatic carbocycles. The Kier molecular flexibility index (Phi) is 10.7. The van der Waals surface area contributed by atoms with Crippen LogP contribution in [0.15, 0.2) is 79.2 Å². The number of fused-ring (bicyclic) bond motifs is 2. The number of anilines is 2. The van der Waals surface area contributed by atoms with Crippen molar-refractivity contribution in [1.82, 2.24) is 34.7 Å². The Morgan fingerprint density at radius 3 is 2.13 bits per heavy atom. The lowest BCUT2D eigenvalue weighted by molar-refractivity contribution is -0.131. The molecule has 3 aliphatic rings. The molecule has 0 fully saturated rings. The van der Waals surface area contributed by atoms with Crippen molar-refractivity contribution in [3.63, 3.8) is 0 Å². The molecule has 2 aliphatic heterocycles. The van der Waals surface area contributed by atoms with E-state index in [0.717, 1.165) is 62.7 Å². The zero-order valence-corrected chi connectivity index (χ0v) is 31.1. The lowest BCUT2D eigenvalue weighted by atomic mass is 10.0. The van der Waals surface area contributed by atoms with Crippen molar-refractivity contribution < 1.29 is 18.7 Å². The molecular weight excluding hydrogens is 698 g/mol. The third-order valence-corrected chi connectivity index (χ3v) is 9.86. The zero-order chi connectivity index (χ0) is 38.6. The molecule has 280 valence electrons. The lowest BCUT2D eigenvalue weighted by Crippen LogP contribution is -2.27. The predicted molar refractivity (Wildman–Crippen MR) is 207 cm³/mol. The van der Waals surface area contributed by atoms with Gasteiger partial charge in [-0.15, -0.1) is 0 Å². The molecule has 5 aromatic rings. The minimum atomic E-state index is -0.293. The summed E-state index contributed by atoms with van der Waals surface area (Å²) in [6, 6.07) is 13.8. The van der Waals surface area contributed by atoms with E-state index in [1.54, 1.807) is 41.3 Å². The quantitative estimate of drug-likeness (QED) is 0.205. The second kappa shape index (κ2) is 15.9. The van der Waals surface area contributed by atoms with E-state index >= 15 is 0 Å². The topological polar surface area (TPSA) is 166 Å². The number of carbonyl (C=O) groups excluding carboxylic acids is 2. The Labute approximate surface area is 318 Å². The minimum absolute atomic E-state index is 0.00512. The van der Waals surface area contributed by atoms with Crippen molar-refractivity contribution in [2.75, 3.05) is 18.6 Å². The van der Waals surface area contributed by atoms with E-state index in [-0.39, 0.29) is 30.5 Å². The molecule has 0 saturated heterocycles. The maximum atomic E-state index is 13.4. The number of nitrogens with zero attached hydrogens (tertiary/aromatic N) is 7. The standard InChI is InChI=1S/C23H23FN4O2.C19H19N5O/c1-14-7-17(24)3-4-19(14)21-6-5-20(25)22(27-21)9-23(29)28-11-15-8-18(13-30-2)26-10-16(15)12-28;1-12-21-9-14-10-24(11-18(14)22-12)19(25)8-17-15(20)6-7-16(23-17)13-4-2-3-5-13/h3-8,10H,9,11-13,25H2,1-2H3;2-4,6-7,9H,5,8,10-11,20H2,1H3. The number of benzene rings is 1. The fourth-order valence-corrected chi connectivity index (χ4v) is 6.86. The molecule has 2 amide bonds. The maximum Gasteiger partial charge on any atom is 0.229 e. The van der Waals surface area contributed by atoms with Crippen molar-refractivity contribution in [1.29, 1.82) is 0 Å². The van der Waals surface area contributed by atoms with Crippen LogP contribution in [0, 0.1) is 19.7 Å². The zero-order valence-electron chi connectivity index (χ0n) is 31.1. The van der Waals surface area contributed by atoms with Crippen LogP contribution < -0.4 is 11.5 Å². The first kappa shape index (κ1) is 37.0. The number of carbonyl (C=O) groups is 2. The van der Waals surface area contributed by atoms with Crippen LogP contribution in [0.1, 0.15) is 63.0 Å². The van der Waals surface area contributed by atoms with Crippen LogP contribution in [0.4, 0.5) is 15.8 Å². The van der Waals surface area contributed by atoms with E-state index in [9.17, 15) is 14.0 Å². The van der Waals surface area contributed by atoms with Gasteiger partial charge in [0.15, 0.2) is 0 Å². The van der Waals surface area contributed by atoms with E-state index in [4.69, 9.17) is 16.2 Å². The number of hydrogen-bond donors (Lipinski definition) is 2. The van der Waals surface area contributed by atoms with Gasteiger partial charge in [-0.25, -0.2) is 14.4 Å². The van der Waals surface area contributed by atoms with Gasteiger partial charge in [-0.3, -0.25) is 24.5 Å². The van der Waals surface area contributed by atoms with Gasteiger partial charge in [0, 0.05) is 50.3 Å². The summed E-state index contributed by atoms with van der Waals surface area (Å²) in [6.45, 7) is 6.24. The molecule has 13 heteroatoms. The summed E-state index contributed by atoms with van der Waals surface area (Å²) in [5.74, 6) is 0.390. The summed E-state index contributed by atoms with van der Waals surface area (Å²) < 4.78 is 18.6. The number of halogens is 1. The number of ether oxygens (including phenoxy) is 1. The monoisotopic (exact) mass is 739 g/mol. The van der Waals surface area contributed by atoms with Gasteiger partial charge in [0.05, 0.1) is 71.5 Å². The molecule has 1 aliphatic carbocycles. The highest BCUT2D eigenvalue weighted by atomic mass is 19.1. The van der Waals surface area contributed by atoms with Crippen molar-refractivity contribution in [2.24, 2.45) is 0 Å². The molecule has 8 rings (SSSR count). The number of methoxy groups -OCH3 is 1. The molecule has 0 atom stereocenters. The number of aromatic nitrogens is 5. The minimum Gasteiger partial charge on any atom is -0.397 e. The fraction of sp³-hybridized carbons (Fsp3) is 0.262. The highest BCUT2D eigenvalue weighted by Gasteiger charge is 2.27. The van der Waals surface area contributed by atoms with E-state index < -0.39 is 0 Å². The Morgan fingerprint density at radius 2 is 1.44 bits per heavy atom. The third kappa shape index (κ3) is 8.42. The average Bonchev–Trinajstić information content (AvgIpc) is 3.94. The molecule has 0 saturated carbocycles. The van der Waals surface area contributed by atoms with Gasteiger partial charge in [-0.1, -0.05) is 18.2 Å². The Balaban J connectivity index is 0.000000172. The smallest absolute Gasteiger partial charge is 0.229 e. The van der Waals surface area contributed by atoms with Gasteiger partial charge in [0.25, 0.3) is 0 Å². The summed E-state index contributed by atoms with van der Waals surface area (Å²) in [5, 5.41) is 0. The van der Waals surface area contributed by atoms with Gasteiger partial charge in [0.2, 0.25) is 11.8 Å². The normalized spacial score (nSPS) is 14.0. The van der Waals surface area contributed by atoms with Gasteiger partial charge in [0.1, 0.15) is 11.6 Å². The van der Waals surface area contributed by atoms with Crippen LogP contribution in [-0.4, -0.2) is 53.6 Å². The lowest BCUT2D eigenvalue weighted by Gasteiger charge is -2.16. The predicted octanol–water partition coefficient (Wildman–Crippen LogP) is 5.60. The number of nitrogen functional groups attached to an aromatic ring is 2. The first-order valence-electron chi connectivity index (χ1n) is 18.0. The molecule has 0 bridgehead atoms. The molecular formula is C42H42FN9O3. The van der Waals surface area contributed by atoms with Crippen LogP contribution in [0.2, 0.25) is 0 Å². The highest BCUT2D eigenvalue weighted by molar-refractivity contribution is 5.82. The molecule has 0 radical (unpaired) electrons. The number of amides is 2. The number of rotatable bonds is 8. The molecule has 55 heavy (non-hydrogen) atoms. The number of allylic oxidation sites excluding steroid dienone is 4. The molecule has 0 spiro atoms. The van der Waals surface area contributed by atoms with E-state index in [0.29, 0.717) is 61.2 Å². The van der Waals surface area contributed by atoms with E-state index in [2.05, 4.69) is 31.0 Å². The maximum absolute atomic E-state index is 13.4. The van der Waals surface area contributed by atoms with Crippen LogP contribution in [0.25, 0.3) is 16.8 Å². The molecule has 12 nitrogen and oxygen atoms in total. The van der Waals surface area contributed by atoms with Gasteiger partial charge >= 0.3 is 0 Å². The van der Waals surface area contributed by atoms with Gasteiger partial charge in [-0.05, 0) is 91.1 Å². The van der Waals surface area contributed by atoms with Crippen LogP contribution in [-0.2, 0) is 60.0 Å². The van der Waals surface area contributed by atoms with Crippen LogP contribution >= 0.6 is 0 Å². The largest absolute Gasteiger partial charge is 0.397 e. The summed E-state index contributed by atoms with van der Waals surface area (Å²) in [4.78, 5) is 51.4. The first-order valence-corrected chi connectivity index (χ1v) is 18.0. The summed E-state index contributed by atoms with van der Waals surface area (Å²) in [5.41, 5.74) is 23.5. The average molecular weight is 740 g/mol. The number of aryl methyl sites for hydroxylation is 2. The van der Waals surface area contributed by atoms with E-state index in [1.807, 2.05) is 50.4 Å². The van der Waals surface area contributed by atoms with Crippen LogP contribution in [0.5, 0.6) is 0 Å². The molecule has 4 aromatic heterocycles. The Hall–Kier alpha value is -6.34. The molecule has 6 heterocycles. The fourth-order valence-electron chi connectivity index (χ4n) is 6.86. The number of pyridine rings is 3. The third-order valence-electron chi connectivity index (χ3n) is 9.86. The summed E-state index contributed by atoms with van der Waals surface area (Å²) >= 11 is 0. The number of nitrogens with two attached hydrogens (primary N) is 2. The first-order chi connectivity index (χ1) is 26.5. The second-order valence-corrected chi connectivity index (χ2v) is 13.9. The summed E-state index contributed by atoms with van der Waals surface area (Å²) in [7, 11) is 1.63. The van der Waals surface area contributed by atoms with Gasteiger partial charge in [-0.2, -0.15) is 0 Å². The van der Waals surface area contributed by atoms with Crippen molar-refractivity contribution in [3.8, 4) is 11.3 Å². The van der Waals surface area contributed by atoms with Gasteiger partial charge < -0.3 is 26.0 Å². The number of hydrogen-bond acceptors (Lipinski definition) is 10. The molecule has 0 unspecified atom stereocenters. The van der Waals surface area contributed by atoms with E-state index in [1.165, 1.54) is 12.1 Å². The highest BCUT2D eigenvalue weighted by Crippen LogP contribution is 2.28. The summed E-state index contributed by atoms with van der Waals surface area (Å²) in [6.07, 6.45) is 10.9. The van der Waals surface area contributed by atoms with Crippen molar-refractivity contribution >= 4 is 28.8 Å². The Bertz CT molecular complexity index is 2360. The van der Waals surface area contributed by atoms with Crippen molar-refractivity contribution in [2.45, 2.75) is 65.9 Å². The SMILES string of the molecule is COCc1cc2c(cn1)CN(C(=O)Cc1nc(-c3ccc(F)cc3C)ccc1N)C2.Cc1ncc2c(n1)CN(C(=O)Cc1nc(C3=CC=CC3)ccc1N)C2. The Morgan fingerprint density at radius 1 is 0.782 bits per heavy atom.